The van der Waals surface area contributed by atoms with Crippen LogP contribution in [0.25, 0.3) is 16.8 Å². The van der Waals surface area contributed by atoms with Crippen molar-refractivity contribution in [3.05, 3.63) is 96.4 Å². The molecule has 2 atom stereocenters. The first-order valence-corrected chi connectivity index (χ1v) is 19.8. The molecular formula is C41H46FN5O8S. The second-order valence-corrected chi connectivity index (χ2v) is 17.1. The van der Waals surface area contributed by atoms with Gasteiger partial charge in [0.05, 0.1) is 30.0 Å². The first-order chi connectivity index (χ1) is 26.3. The number of pyridine rings is 1. The molecule has 0 saturated carbocycles. The van der Waals surface area contributed by atoms with Gasteiger partial charge in [-0.2, -0.15) is 4.98 Å². The van der Waals surface area contributed by atoms with Crippen LogP contribution >= 0.6 is 0 Å². The van der Waals surface area contributed by atoms with E-state index in [0.29, 0.717) is 16.9 Å². The molecule has 2 unspecified atom stereocenters. The van der Waals surface area contributed by atoms with Crippen molar-refractivity contribution in [2.45, 2.75) is 71.5 Å². The third kappa shape index (κ3) is 10.5. The average molecular weight is 788 g/mol. The van der Waals surface area contributed by atoms with Gasteiger partial charge in [0.15, 0.2) is 15.5 Å². The van der Waals surface area contributed by atoms with Crippen molar-refractivity contribution < 1.29 is 41.4 Å². The Balaban J connectivity index is 1.46. The topological polar surface area (TPSA) is 158 Å². The number of nitrogens with one attached hydrogen (secondary N) is 1. The lowest BCUT2D eigenvalue weighted by atomic mass is 9.92. The zero-order valence-electron chi connectivity index (χ0n) is 32.6. The van der Waals surface area contributed by atoms with Crippen molar-refractivity contribution in [2.75, 3.05) is 23.6 Å². The number of carbonyl (C=O) groups is 3. The van der Waals surface area contributed by atoms with Gasteiger partial charge in [-0.1, -0.05) is 58.9 Å². The molecule has 0 aliphatic carbocycles. The lowest BCUT2D eigenvalue weighted by molar-refractivity contribution is -0.171. The molecule has 56 heavy (non-hydrogen) atoms. The van der Waals surface area contributed by atoms with Gasteiger partial charge in [0.2, 0.25) is 12.2 Å². The lowest BCUT2D eigenvalue weighted by Gasteiger charge is -2.26. The lowest BCUT2D eigenvalue weighted by Crippen LogP contribution is -2.35. The highest BCUT2D eigenvalue weighted by molar-refractivity contribution is 7.90. The summed E-state index contributed by atoms with van der Waals surface area (Å²) < 4.78 is 56.6. The Morgan fingerprint density at radius 3 is 2.18 bits per heavy atom. The Labute approximate surface area is 325 Å². The molecule has 5 rings (SSSR count). The molecule has 2 heterocycles. The number of nitrogens with zero attached hydrogens (tertiary/aromatic N) is 4. The zero-order chi connectivity index (χ0) is 40.9. The standard InChI is InChI=1S/C41H46FN5O8S/c1-25(2)21-37(54-36(48)23-41(4,5)6)55-40(50)47(33-19-18-32(56(8,51)52)22-34(33)53-7)39-44-35-20-13-29(24-46(35)45-39)28-11-16-31(17-12-28)43-38(49)26(3)27-9-14-30(42)15-10-27/h9-20,22,24-26,37H,21,23H2,1-8H3,(H,43,49). The number of halogens is 1. The summed E-state index contributed by atoms with van der Waals surface area (Å²) in [6.07, 6.45) is 0.818. The van der Waals surface area contributed by atoms with Crippen LogP contribution < -0.4 is 15.0 Å². The van der Waals surface area contributed by atoms with Gasteiger partial charge in [0.25, 0.3) is 5.95 Å². The average Bonchev–Trinajstić information content (AvgIpc) is 3.53. The van der Waals surface area contributed by atoms with Crippen molar-refractivity contribution in [1.82, 2.24) is 14.6 Å². The summed E-state index contributed by atoms with van der Waals surface area (Å²) in [5.41, 5.74) is 2.86. The fourth-order valence-corrected chi connectivity index (χ4v) is 6.33. The first kappa shape index (κ1) is 41.3. The van der Waals surface area contributed by atoms with Gasteiger partial charge < -0.3 is 19.5 Å². The molecule has 296 valence electrons. The Morgan fingerprint density at radius 2 is 1.57 bits per heavy atom. The minimum absolute atomic E-state index is 0.0191. The number of amides is 2. The van der Waals surface area contributed by atoms with Gasteiger partial charge in [0.1, 0.15) is 11.6 Å². The molecule has 0 aliphatic rings. The largest absolute Gasteiger partial charge is 0.495 e. The SMILES string of the molecule is COc1cc(S(C)(=O)=O)ccc1N(C(=O)OC(CC(C)C)OC(=O)CC(C)(C)C)c1nc2ccc(-c3ccc(NC(=O)C(C)c4ccc(F)cc4)cc3)cn2n1. The number of aromatic nitrogens is 3. The fourth-order valence-electron chi connectivity index (χ4n) is 5.69. The second kappa shape index (κ2) is 16.9. The van der Waals surface area contributed by atoms with Crippen molar-refractivity contribution in [3.8, 4) is 16.9 Å². The number of carbonyl (C=O) groups excluding carboxylic acids is 3. The number of rotatable bonds is 13. The Hall–Kier alpha value is -5.83. The molecule has 0 aliphatic heterocycles. The van der Waals surface area contributed by atoms with Gasteiger partial charge in [-0.05, 0) is 77.9 Å². The summed E-state index contributed by atoms with van der Waals surface area (Å²) in [7, 11) is -2.31. The molecule has 3 aromatic carbocycles. The van der Waals surface area contributed by atoms with Crippen LogP contribution in [0.15, 0.2) is 90.0 Å². The highest BCUT2D eigenvalue weighted by Gasteiger charge is 2.32. The molecule has 0 spiro atoms. The molecule has 5 aromatic rings. The summed E-state index contributed by atoms with van der Waals surface area (Å²) in [5, 5.41) is 7.49. The highest BCUT2D eigenvalue weighted by atomic mass is 32.2. The third-order valence-electron chi connectivity index (χ3n) is 8.61. The second-order valence-electron chi connectivity index (χ2n) is 15.1. The van der Waals surface area contributed by atoms with Crippen LogP contribution in [-0.4, -0.2) is 60.6 Å². The molecule has 0 radical (unpaired) electrons. The fraction of sp³-hybridized carbons (Fsp3) is 0.341. The molecule has 0 fully saturated rings. The Kier molecular flexibility index (Phi) is 12.5. The minimum Gasteiger partial charge on any atom is -0.495 e. The van der Waals surface area contributed by atoms with Crippen LogP contribution in [0.4, 0.5) is 26.5 Å². The van der Waals surface area contributed by atoms with Crippen LogP contribution in [0.1, 0.15) is 65.9 Å². The van der Waals surface area contributed by atoms with Crippen LogP contribution in [0.2, 0.25) is 0 Å². The monoisotopic (exact) mass is 787 g/mol. The van der Waals surface area contributed by atoms with E-state index in [-0.39, 0.29) is 58.2 Å². The molecule has 1 N–H and O–H groups in total. The van der Waals surface area contributed by atoms with Crippen LogP contribution in [0.3, 0.4) is 0 Å². The number of anilines is 3. The smallest absolute Gasteiger partial charge is 0.424 e. The maximum atomic E-state index is 14.2. The quantitative estimate of drug-likeness (QED) is 0.0909. The maximum absolute atomic E-state index is 14.2. The van der Waals surface area contributed by atoms with Crippen LogP contribution in [0, 0.1) is 17.2 Å². The Morgan fingerprint density at radius 1 is 0.911 bits per heavy atom. The summed E-state index contributed by atoms with van der Waals surface area (Å²) in [6.45, 7) is 11.2. The molecule has 13 nitrogen and oxygen atoms in total. The van der Waals surface area contributed by atoms with E-state index in [1.807, 2.05) is 52.8 Å². The molecule has 15 heteroatoms. The molecule has 0 bridgehead atoms. The minimum atomic E-state index is -3.64. The van der Waals surface area contributed by atoms with Crippen molar-refractivity contribution >= 4 is 50.8 Å². The van der Waals surface area contributed by atoms with Gasteiger partial charge in [0, 0.05) is 36.2 Å². The van der Waals surface area contributed by atoms with E-state index >= 15 is 0 Å². The van der Waals surface area contributed by atoms with E-state index in [1.54, 1.807) is 43.5 Å². The first-order valence-electron chi connectivity index (χ1n) is 17.9. The summed E-state index contributed by atoms with van der Waals surface area (Å²) in [6, 6.07) is 20.5. The van der Waals surface area contributed by atoms with Crippen molar-refractivity contribution in [2.24, 2.45) is 11.3 Å². The van der Waals surface area contributed by atoms with Gasteiger partial charge >= 0.3 is 12.1 Å². The van der Waals surface area contributed by atoms with Crippen molar-refractivity contribution in [1.29, 1.82) is 0 Å². The van der Waals surface area contributed by atoms with Gasteiger partial charge in [-0.15, -0.1) is 5.10 Å². The molecular weight excluding hydrogens is 742 g/mol. The number of hydrogen-bond acceptors (Lipinski definition) is 10. The predicted molar refractivity (Wildman–Crippen MR) is 210 cm³/mol. The number of benzene rings is 3. The van der Waals surface area contributed by atoms with E-state index in [0.717, 1.165) is 22.3 Å². The summed E-state index contributed by atoms with van der Waals surface area (Å²) in [5.74, 6) is -1.78. The van der Waals surface area contributed by atoms with E-state index in [2.05, 4.69) is 15.4 Å². The zero-order valence-corrected chi connectivity index (χ0v) is 33.4. The molecule has 2 amide bonds. The number of ether oxygens (including phenoxy) is 3. The summed E-state index contributed by atoms with van der Waals surface area (Å²) >= 11 is 0. The number of sulfone groups is 1. The van der Waals surface area contributed by atoms with Gasteiger partial charge in [-0.3, -0.25) is 9.59 Å². The number of fused-ring (bicyclic) bond motifs is 1. The van der Waals surface area contributed by atoms with Crippen LogP contribution in [0.5, 0.6) is 5.75 Å². The number of hydrogen-bond donors (Lipinski definition) is 1. The third-order valence-corrected chi connectivity index (χ3v) is 9.72. The molecule has 0 saturated heterocycles. The van der Waals surface area contributed by atoms with Crippen LogP contribution in [-0.2, 0) is 28.9 Å². The van der Waals surface area contributed by atoms with E-state index in [1.165, 1.54) is 42.0 Å². The Bertz CT molecular complexity index is 2320. The van der Waals surface area contributed by atoms with E-state index in [4.69, 9.17) is 14.2 Å². The number of methoxy groups -OCH3 is 1. The molecule has 2 aromatic heterocycles. The normalized spacial score (nSPS) is 12.9. The van der Waals surface area contributed by atoms with Crippen molar-refractivity contribution in [3.63, 3.8) is 0 Å². The number of esters is 1. The summed E-state index contributed by atoms with van der Waals surface area (Å²) in [4.78, 5) is 45.5. The van der Waals surface area contributed by atoms with Gasteiger partial charge in [-0.25, -0.2) is 27.0 Å². The highest BCUT2D eigenvalue weighted by Crippen LogP contribution is 2.36. The van der Waals surface area contributed by atoms with E-state index < -0.39 is 34.1 Å². The predicted octanol–water partition coefficient (Wildman–Crippen LogP) is 8.32. The maximum Gasteiger partial charge on any atom is 0.424 e. The van der Waals surface area contributed by atoms with E-state index in [9.17, 15) is 27.2 Å².